The minimum absolute atomic E-state index is 0.152. The number of nitriles is 1. The number of amides is 1. The van der Waals surface area contributed by atoms with E-state index >= 15 is 0 Å². The fourth-order valence-electron chi connectivity index (χ4n) is 3.46. The lowest BCUT2D eigenvalue weighted by Gasteiger charge is -2.14. The number of fused-ring (bicyclic) bond motifs is 1. The van der Waals surface area contributed by atoms with Crippen LogP contribution in [0.4, 0.5) is 47.9 Å². The van der Waals surface area contributed by atoms with Gasteiger partial charge in [-0.1, -0.05) is 4.68 Å². The van der Waals surface area contributed by atoms with Gasteiger partial charge in [-0.2, -0.15) is 18.4 Å². The first-order chi connectivity index (χ1) is 17.2. The molecule has 0 aliphatic heterocycles. The zero-order valence-corrected chi connectivity index (χ0v) is 18.6. The average molecular weight is 548 g/mol. The molecule has 0 atom stereocenters. The minimum atomic E-state index is -5.78. The Morgan fingerprint density at radius 3 is 2.24 bits per heavy atom. The second kappa shape index (κ2) is 8.48. The van der Waals surface area contributed by atoms with E-state index in [2.05, 4.69) is 14.8 Å². The van der Waals surface area contributed by atoms with Gasteiger partial charge in [-0.25, -0.2) is 27.3 Å². The number of aromatic amines is 1. The zero-order valence-electron chi connectivity index (χ0n) is 17.8. The second-order valence-electron chi connectivity index (χ2n) is 7.23. The molecule has 1 aromatic carbocycles. The summed E-state index contributed by atoms with van der Waals surface area (Å²) in [5.74, 6) is -12.5. The van der Waals surface area contributed by atoms with Crippen LogP contribution in [-0.4, -0.2) is 16.2 Å². The molecule has 0 radical (unpaired) electrons. The molecule has 3 heterocycles. The maximum Gasteiger partial charge on any atom is 0.435 e. The first-order valence-corrected chi connectivity index (χ1v) is 10.3. The van der Waals surface area contributed by atoms with Crippen LogP contribution in [0.25, 0.3) is 21.5 Å². The maximum atomic E-state index is 14.3. The van der Waals surface area contributed by atoms with E-state index in [1.165, 1.54) is 12.4 Å². The molecule has 0 saturated carbocycles. The summed E-state index contributed by atoms with van der Waals surface area (Å²) in [5, 5.41) is 13.0. The summed E-state index contributed by atoms with van der Waals surface area (Å²) in [6.07, 6.45) is -5.78. The molecule has 37 heavy (non-hydrogen) atoms. The van der Waals surface area contributed by atoms with Crippen molar-refractivity contribution in [1.29, 1.82) is 5.26 Å². The fraction of sp³-hybridized carbons (Fsp3) is 0.105. The van der Waals surface area contributed by atoms with Gasteiger partial charge in [0.25, 0.3) is 5.91 Å². The molecular weight excluding hydrogens is 539 g/mol. The number of carbonyl (C=O) groups is 1. The third kappa shape index (κ3) is 3.79. The summed E-state index contributed by atoms with van der Waals surface area (Å²) in [6.45, 7) is 0. The number of nitrogens with two attached hydrogens (primary N) is 2. The van der Waals surface area contributed by atoms with E-state index in [1.807, 2.05) is 0 Å². The molecule has 0 aliphatic carbocycles. The summed E-state index contributed by atoms with van der Waals surface area (Å²) < 4.78 is 101. The number of nitrogens with one attached hydrogen (secondary N) is 2. The van der Waals surface area contributed by atoms with Gasteiger partial charge in [0.1, 0.15) is 38.4 Å². The van der Waals surface area contributed by atoms with E-state index in [-0.39, 0.29) is 27.0 Å². The van der Waals surface area contributed by atoms with Gasteiger partial charge in [0.05, 0.1) is 16.6 Å². The monoisotopic (exact) mass is 548 g/mol. The van der Waals surface area contributed by atoms with Crippen molar-refractivity contribution in [2.45, 2.75) is 6.18 Å². The van der Waals surface area contributed by atoms with Crippen molar-refractivity contribution in [2.24, 2.45) is 7.05 Å². The third-order valence-electron chi connectivity index (χ3n) is 5.05. The molecule has 0 unspecified atom stereocenters. The van der Waals surface area contributed by atoms with Gasteiger partial charge in [0.15, 0.2) is 30.3 Å². The molecule has 4 rings (SSSR count). The molecule has 0 saturated heterocycles. The molecule has 18 heteroatoms. The Labute approximate surface area is 202 Å². The molecule has 0 bridgehead atoms. The van der Waals surface area contributed by atoms with Crippen molar-refractivity contribution in [3.05, 3.63) is 49.7 Å². The van der Waals surface area contributed by atoms with Crippen molar-refractivity contribution < 1.29 is 44.7 Å². The van der Waals surface area contributed by atoms with E-state index < -0.39 is 68.6 Å². The van der Waals surface area contributed by atoms with Crippen molar-refractivity contribution in [3.8, 4) is 17.3 Å². The average Bonchev–Trinajstić information content (AvgIpc) is 3.31. The molecule has 6 N–H and O–H groups in total. The number of carbonyl (C=O) groups excluding carboxylic acids is 1. The highest BCUT2D eigenvalue weighted by molar-refractivity contribution is 7.21. The fourth-order valence-corrected chi connectivity index (χ4v) is 4.47. The Morgan fingerprint density at radius 2 is 1.76 bits per heavy atom. The molecular formula is C19H9F7N7O3S+. The van der Waals surface area contributed by atoms with Gasteiger partial charge >= 0.3 is 17.5 Å². The van der Waals surface area contributed by atoms with Gasteiger partial charge in [-0.05, 0) is 5.27 Å². The lowest BCUT2D eigenvalue weighted by molar-refractivity contribution is -0.730. The molecule has 0 fully saturated rings. The van der Waals surface area contributed by atoms with Crippen molar-refractivity contribution >= 4 is 44.7 Å². The van der Waals surface area contributed by atoms with Crippen molar-refractivity contribution in [3.63, 3.8) is 0 Å². The maximum absolute atomic E-state index is 14.3. The largest absolute Gasteiger partial charge is 0.435 e. The number of H-pyrrole nitrogens is 1. The Hall–Kier alpha value is -4.66. The summed E-state index contributed by atoms with van der Waals surface area (Å²) >= 11 is 0.433. The predicted octanol–water partition coefficient (Wildman–Crippen LogP) is 2.93. The van der Waals surface area contributed by atoms with Crippen LogP contribution in [0.15, 0.2) is 9.32 Å². The molecule has 4 aromatic rings. The van der Waals surface area contributed by atoms with Crippen LogP contribution in [0.2, 0.25) is 0 Å². The van der Waals surface area contributed by atoms with Crippen LogP contribution in [-0.2, 0) is 13.2 Å². The highest BCUT2D eigenvalue weighted by atomic mass is 32.1. The number of alkyl halides is 3. The van der Waals surface area contributed by atoms with Gasteiger partial charge in [-0.15, -0.1) is 11.3 Å². The SMILES string of the molecule is C[n+]1[nH]oc(=O)c1-c1c(C#N)c(N)nc2sc(C(=O)Nc3c(F)c(F)c(C(F)(F)F)c(F)c3F)c(N)c12. The molecule has 192 valence electrons. The number of anilines is 3. The van der Waals surface area contributed by atoms with Crippen LogP contribution in [0.1, 0.15) is 20.8 Å². The van der Waals surface area contributed by atoms with E-state index in [9.17, 15) is 45.6 Å². The molecule has 0 spiro atoms. The van der Waals surface area contributed by atoms with E-state index in [4.69, 9.17) is 11.5 Å². The number of thiophene rings is 1. The number of nitrogens with zero attached hydrogens (tertiary/aromatic N) is 3. The van der Waals surface area contributed by atoms with E-state index in [1.54, 1.807) is 6.07 Å². The van der Waals surface area contributed by atoms with Crippen LogP contribution in [0.3, 0.4) is 0 Å². The molecule has 0 aliphatic rings. The summed E-state index contributed by atoms with van der Waals surface area (Å²) in [6, 6.07) is 1.73. The summed E-state index contributed by atoms with van der Waals surface area (Å²) in [4.78, 5) is 28.2. The number of pyridine rings is 1. The number of rotatable bonds is 3. The van der Waals surface area contributed by atoms with Crippen molar-refractivity contribution in [1.82, 2.24) is 10.3 Å². The molecule has 3 aromatic heterocycles. The smallest absolute Gasteiger partial charge is 0.397 e. The van der Waals surface area contributed by atoms with Crippen LogP contribution < -0.4 is 27.1 Å². The van der Waals surface area contributed by atoms with E-state index in [0.29, 0.717) is 11.3 Å². The predicted molar refractivity (Wildman–Crippen MR) is 112 cm³/mol. The normalized spacial score (nSPS) is 11.6. The number of benzene rings is 1. The lowest BCUT2D eigenvalue weighted by atomic mass is 10.0. The first kappa shape index (κ1) is 25.4. The van der Waals surface area contributed by atoms with Crippen LogP contribution in [0, 0.1) is 34.6 Å². The van der Waals surface area contributed by atoms with Crippen LogP contribution >= 0.6 is 11.3 Å². The summed E-state index contributed by atoms with van der Waals surface area (Å²) in [7, 11) is 1.32. The first-order valence-electron chi connectivity index (χ1n) is 9.44. The Kier molecular flexibility index (Phi) is 5.83. The highest BCUT2D eigenvalue weighted by Gasteiger charge is 2.43. The van der Waals surface area contributed by atoms with Crippen molar-refractivity contribution in [2.75, 3.05) is 16.8 Å². The second-order valence-corrected chi connectivity index (χ2v) is 8.23. The Balaban J connectivity index is 1.92. The number of halogens is 7. The van der Waals surface area contributed by atoms with Gasteiger partial charge < -0.3 is 16.8 Å². The minimum Gasteiger partial charge on any atom is -0.397 e. The van der Waals surface area contributed by atoms with Crippen LogP contribution in [0.5, 0.6) is 0 Å². The third-order valence-corrected chi connectivity index (χ3v) is 6.15. The quantitative estimate of drug-likeness (QED) is 0.173. The highest BCUT2D eigenvalue weighted by Crippen LogP contribution is 2.42. The van der Waals surface area contributed by atoms with Gasteiger partial charge in [0, 0.05) is 0 Å². The standard InChI is InChI=1S/C19H8F7N7O3S/c1-33-13(18(35)36-32-33)4-3(2-27)15(29)31-17-5(4)11(28)14(37-17)16(34)30-12-9(22)7(20)6(19(24,25)26)8(21)10(12)23/h1H3,(H5-,28,29,30,31,32,34,35)/p+1. The number of hydrogen-bond donors (Lipinski definition) is 4. The number of hydrogen-bond acceptors (Lipinski definition) is 8. The zero-order chi connectivity index (χ0) is 27.6. The number of aryl methyl sites for hydroxylation is 1. The Morgan fingerprint density at radius 1 is 1.16 bits per heavy atom. The van der Waals surface area contributed by atoms with Gasteiger partial charge in [0.2, 0.25) is 0 Å². The molecule has 10 nitrogen and oxygen atoms in total. The summed E-state index contributed by atoms with van der Waals surface area (Å²) in [5.41, 5.74) is 4.78. The van der Waals surface area contributed by atoms with E-state index in [0.717, 1.165) is 4.68 Å². The number of aromatic nitrogens is 3. The van der Waals surface area contributed by atoms with Gasteiger partial charge in [-0.3, -0.25) is 9.32 Å². The number of nitrogen functional groups attached to an aromatic ring is 2. The molecule has 1 amide bonds. The topological polar surface area (TPSA) is 168 Å². The Bertz CT molecular complexity index is 1700. The lowest BCUT2D eigenvalue weighted by Crippen LogP contribution is -2.34.